The molecule has 1 aromatic carbocycles. The molecule has 1 amide bonds. The average Bonchev–Trinajstić information content (AvgIpc) is 2.52. The standard InChI is InChI=1S/C17H18Cl2N2O/c1-12(17-14(18)6-4-7-15(17)19)11-21-16(22)9-8-13-5-2-3-10-20-13/h2-7,10,12H,8-9,11H2,1H3,(H,21,22). The first-order valence-corrected chi connectivity index (χ1v) is 7.94. The molecule has 1 heterocycles. The Bertz CT molecular complexity index is 612. The molecule has 2 aromatic rings. The summed E-state index contributed by atoms with van der Waals surface area (Å²) in [6, 6.07) is 11.1. The van der Waals surface area contributed by atoms with E-state index in [0.29, 0.717) is 29.4 Å². The third-order valence-corrected chi connectivity index (χ3v) is 4.09. The number of benzene rings is 1. The number of hydrogen-bond acceptors (Lipinski definition) is 2. The summed E-state index contributed by atoms with van der Waals surface area (Å²) < 4.78 is 0. The molecule has 3 nitrogen and oxygen atoms in total. The molecule has 0 aliphatic rings. The first-order valence-electron chi connectivity index (χ1n) is 7.18. The highest BCUT2D eigenvalue weighted by Gasteiger charge is 2.14. The Balaban J connectivity index is 1.83. The minimum atomic E-state index is 0.000629. The number of aryl methyl sites for hydroxylation is 1. The quantitative estimate of drug-likeness (QED) is 0.857. The zero-order valence-electron chi connectivity index (χ0n) is 12.4. The van der Waals surface area contributed by atoms with E-state index < -0.39 is 0 Å². The van der Waals surface area contributed by atoms with Gasteiger partial charge < -0.3 is 5.32 Å². The Kier molecular flexibility index (Phi) is 6.22. The van der Waals surface area contributed by atoms with Crippen LogP contribution < -0.4 is 5.32 Å². The molecule has 1 N–H and O–H groups in total. The fourth-order valence-corrected chi connectivity index (χ4v) is 3.00. The first kappa shape index (κ1) is 16.8. The maximum atomic E-state index is 11.9. The zero-order valence-corrected chi connectivity index (χ0v) is 13.9. The highest BCUT2D eigenvalue weighted by molar-refractivity contribution is 6.36. The number of nitrogens with zero attached hydrogens (tertiary/aromatic N) is 1. The molecule has 0 bridgehead atoms. The molecule has 0 radical (unpaired) electrons. The molecular weight excluding hydrogens is 319 g/mol. The summed E-state index contributed by atoms with van der Waals surface area (Å²) in [5.74, 6) is 0.0562. The first-order chi connectivity index (χ1) is 10.6. The number of aromatic nitrogens is 1. The van der Waals surface area contributed by atoms with Gasteiger partial charge in [-0.3, -0.25) is 9.78 Å². The molecule has 0 spiro atoms. The number of amides is 1. The van der Waals surface area contributed by atoms with E-state index in [-0.39, 0.29) is 11.8 Å². The van der Waals surface area contributed by atoms with Crippen LogP contribution in [-0.2, 0) is 11.2 Å². The van der Waals surface area contributed by atoms with Crippen LogP contribution in [0.5, 0.6) is 0 Å². The van der Waals surface area contributed by atoms with Crippen molar-refractivity contribution in [2.45, 2.75) is 25.7 Å². The minimum absolute atomic E-state index is 0.000629. The van der Waals surface area contributed by atoms with E-state index in [0.717, 1.165) is 11.3 Å². The lowest BCUT2D eigenvalue weighted by Gasteiger charge is -2.16. The average molecular weight is 337 g/mol. The van der Waals surface area contributed by atoms with Gasteiger partial charge in [-0.2, -0.15) is 0 Å². The van der Waals surface area contributed by atoms with Crippen LogP contribution in [0, 0.1) is 0 Å². The largest absolute Gasteiger partial charge is 0.355 e. The highest BCUT2D eigenvalue weighted by atomic mass is 35.5. The molecule has 1 aromatic heterocycles. The zero-order chi connectivity index (χ0) is 15.9. The molecule has 22 heavy (non-hydrogen) atoms. The van der Waals surface area contributed by atoms with Crippen molar-refractivity contribution in [2.75, 3.05) is 6.54 Å². The third-order valence-electron chi connectivity index (χ3n) is 3.43. The van der Waals surface area contributed by atoms with Gasteiger partial charge in [0.25, 0.3) is 0 Å². The van der Waals surface area contributed by atoms with E-state index in [9.17, 15) is 4.79 Å². The van der Waals surface area contributed by atoms with Crippen molar-refractivity contribution in [1.82, 2.24) is 10.3 Å². The number of hydrogen-bond donors (Lipinski definition) is 1. The van der Waals surface area contributed by atoms with Crippen LogP contribution in [0.2, 0.25) is 10.0 Å². The van der Waals surface area contributed by atoms with Crippen LogP contribution >= 0.6 is 23.2 Å². The molecule has 1 atom stereocenters. The second-order valence-electron chi connectivity index (χ2n) is 5.16. The molecule has 0 aliphatic carbocycles. The summed E-state index contributed by atoms with van der Waals surface area (Å²) in [7, 11) is 0. The van der Waals surface area contributed by atoms with Gasteiger partial charge >= 0.3 is 0 Å². The van der Waals surface area contributed by atoms with Gasteiger partial charge in [-0.05, 0) is 36.2 Å². The van der Waals surface area contributed by atoms with Crippen LogP contribution in [0.1, 0.15) is 30.5 Å². The van der Waals surface area contributed by atoms with Crippen LogP contribution in [-0.4, -0.2) is 17.4 Å². The van der Waals surface area contributed by atoms with Crippen LogP contribution in [0.15, 0.2) is 42.6 Å². The number of carbonyl (C=O) groups excluding carboxylic acids is 1. The summed E-state index contributed by atoms with van der Waals surface area (Å²) in [6.45, 7) is 2.50. The summed E-state index contributed by atoms with van der Waals surface area (Å²) >= 11 is 12.4. The van der Waals surface area contributed by atoms with Crippen LogP contribution in [0.4, 0.5) is 0 Å². The molecule has 5 heteroatoms. The number of carbonyl (C=O) groups is 1. The van der Waals surface area contributed by atoms with Gasteiger partial charge in [0.15, 0.2) is 0 Å². The topological polar surface area (TPSA) is 42.0 Å². The van der Waals surface area contributed by atoms with E-state index in [1.807, 2.05) is 43.3 Å². The predicted octanol–water partition coefficient (Wildman–Crippen LogP) is 4.24. The van der Waals surface area contributed by atoms with E-state index >= 15 is 0 Å². The molecule has 2 rings (SSSR count). The Morgan fingerprint density at radius 1 is 1.18 bits per heavy atom. The third kappa shape index (κ3) is 4.72. The smallest absolute Gasteiger partial charge is 0.220 e. The molecule has 0 saturated carbocycles. The lowest BCUT2D eigenvalue weighted by atomic mass is 10.0. The van der Waals surface area contributed by atoms with Crippen molar-refractivity contribution in [2.24, 2.45) is 0 Å². The van der Waals surface area contributed by atoms with Gasteiger partial charge in [-0.25, -0.2) is 0 Å². The van der Waals surface area contributed by atoms with Crippen molar-refractivity contribution < 1.29 is 4.79 Å². The summed E-state index contributed by atoms with van der Waals surface area (Å²) in [6.07, 6.45) is 2.78. The number of rotatable bonds is 6. The van der Waals surface area contributed by atoms with E-state index in [1.165, 1.54) is 0 Å². The van der Waals surface area contributed by atoms with Crippen molar-refractivity contribution in [1.29, 1.82) is 0 Å². The van der Waals surface area contributed by atoms with Crippen molar-refractivity contribution in [3.63, 3.8) is 0 Å². The highest BCUT2D eigenvalue weighted by Crippen LogP contribution is 2.30. The lowest BCUT2D eigenvalue weighted by Crippen LogP contribution is -2.28. The monoisotopic (exact) mass is 336 g/mol. The number of nitrogens with one attached hydrogen (secondary N) is 1. The predicted molar refractivity (Wildman–Crippen MR) is 90.4 cm³/mol. The molecule has 0 aliphatic heterocycles. The second-order valence-corrected chi connectivity index (χ2v) is 5.98. The SMILES string of the molecule is CC(CNC(=O)CCc1ccccn1)c1c(Cl)cccc1Cl. The fraction of sp³-hybridized carbons (Fsp3) is 0.294. The number of halogens is 2. The van der Waals surface area contributed by atoms with Gasteiger partial charge in [-0.1, -0.05) is 42.3 Å². The van der Waals surface area contributed by atoms with Crippen LogP contribution in [0.3, 0.4) is 0 Å². The van der Waals surface area contributed by atoms with Gasteiger partial charge in [-0.15, -0.1) is 0 Å². The Morgan fingerprint density at radius 2 is 1.91 bits per heavy atom. The van der Waals surface area contributed by atoms with Gasteiger partial charge in [0.2, 0.25) is 5.91 Å². The van der Waals surface area contributed by atoms with E-state index in [1.54, 1.807) is 6.20 Å². The van der Waals surface area contributed by atoms with E-state index in [2.05, 4.69) is 10.3 Å². The summed E-state index contributed by atoms with van der Waals surface area (Å²) in [5.41, 5.74) is 1.79. The minimum Gasteiger partial charge on any atom is -0.355 e. The molecule has 0 fully saturated rings. The number of pyridine rings is 1. The molecule has 1 unspecified atom stereocenters. The molecule has 116 valence electrons. The summed E-state index contributed by atoms with van der Waals surface area (Å²) in [5, 5.41) is 4.18. The Morgan fingerprint density at radius 3 is 2.55 bits per heavy atom. The van der Waals surface area contributed by atoms with Crippen molar-refractivity contribution in [3.05, 3.63) is 63.9 Å². The summed E-state index contributed by atoms with van der Waals surface area (Å²) in [4.78, 5) is 16.1. The molecule has 0 saturated heterocycles. The Labute approximate surface area is 140 Å². The van der Waals surface area contributed by atoms with Crippen LogP contribution in [0.25, 0.3) is 0 Å². The van der Waals surface area contributed by atoms with Gasteiger partial charge in [0.05, 0.1) is 0 Å². The lowest BCUT2D eigenvalue weighted by molar-refractivity contribution is -0.121. The van der Waals surface area contributed by atoms with Crippen molar-refractivity contribution >= 4 is 29.1 Å². The Hall–Kier alpha value is -1.58. The fourth-order valence-electron chi connectivity index (χ4n) is 2.23. The molecular formula is C17H18Cl2N2O. The van der Waals surface area contributed by atoms with Gasteiger partial charge in [0, 0.05) is 40.8 Å². The van der Waals surface area contributed by atoms with E-state index in [4.69, 9.17) is 23.2 Å². The second kappa shape index (κ2) is 8.16. The van der Waals surface area contributed by atoms with Crippen molar-refractivity contribution in [3.8, 4) is 0 Å². The maximum absolute atomic E-state index is 11.9. The maximum Gasteiger partial charge on any atom is 0.220 e. The normalized spacial score (nSPS) is 12.0. The van der Waals surface area contributed by atoms with Gasteiger partial charge in [0.1, 0.15) is 0 Å².